The Balaban J connectivity index is 1.66. The standard InChI is InChI=1S/C14H12N2O/c1-2-4-9(5-3-1)17-10-6-7-11-12(8-10)14-15-13(11)16-14/h1-8,13-16H. The van der Waals surface area contributed by atoms with Crippen molar-refractivity contribution in [1.29, 1.82) is 0 Å². The van der Waals surface area contributed by atoms with Gasteiger partial charge in [-0.2, -0.15) is 0 Å². The van der Waals surface area contributed by atoms with Crippen LogP contribution in [-0.2, 0) is 0 Å². The highest BCUT2D eigenvalue weighted by Crippen LogP contribution is 2.41. The maximum absolute atomic E-state index is 5.81. The van der Waals surface area contributed by atoms with Crippen molar-refractivity contribution in [2.45, 2.75) is 12.3 Å². The first-order valence-corrected chi connectivity index (χ1v) is 5.79. The molecule has 1 saturated heterocycles. The zero-order valence-corrected chi connectivity index (χ0v) is 9.18. The smallest absolute Gasteiger partial charge is 0.127 e. The Morgan fingerprint density at radius 3 is 2.35 bits per heavy atom. The van der Waals surface area contributed by atoms with Crippen molar-refractivity contribution < 1.29 is 4.74 Å². The molecule has 3 heteroatoms. The Morgan fingerprint density at radius 2 is 1.53 bits per heavy atom. The van der Waals surface area contributed by atoms with Crippen molar-refractivity contribution in [3.8, 4) is 11.5 Å². The molecule has 2 bridgehead atoms. The highest BCUT2D eigenvalue weighted by molar-refractivity contribution is 5.47. The maximum Gasteiger partial charge on any atom is 0.127 e. The van der Waals surface area contributed by atoms with Gasteiger partial charge in [0.15, 0.2) is 0 Å². The van der Waals surface area contributed by atoms with E-state index in [1.54, 1.807) is 0 Å². The van der Waals surface area contributed by atoms with Crippen LogP contribution in [0.4, 0.5) is 0 Å². The number of nitrogens with one attached hydrogen (secondary N) is 2. The molecule has 84 valence electrons. The summed E-state index contributed by atoms with van der Waals surface area (Å²) in [6.07, 6.45) is 0.662. The van der Waals surface area contributed by atoms with Crippen molar-refractivity contribution in [3.05, 3.63) is 59.7 Å². The van der Waals surface area contributed by atoms with E-state index < -0.39 is 0 Å². The predicted molar refractivity (Wildman–Crippen MR) is 64.7 cm³/mol. The first-order valence-electron chi connectivity index (χ1n) is 5.79. The summed E-state index contributed by atoms with van der Waals surface area (Å²) in [6, 6.07) is 16.1. The number of hydrogen-bond donors (Lipinski definition) is 2. The van der Waals surface area contributed by atoms with Crippen molar-refractivity contribution in [3.63, 3.8) is 0 Å². The third-order valence-corrected chi connectivity index (χ3v) is 3.33. The van der Waals surface area contributed by atoms with Crippen LogP contribution in [0.15, 0.2) is 48.5 Å². The molecule has 0 radical (unpaired) electrons. The van der Waals surface area contributed by atoms with Gasteiger partial charge >= 0.3 is 0 Å². The second kappa shape index (κ2) is 3.32. The van der Waals surface area contributed by atoms with E-state index in [1.165, 1.54) is 11.1 Å². The van der Waals surface area contributed by atoms with Gasteiger partial charge in [-0.3, -0.25) is 10.6 Å². The lowest BCUT2D eigenvalue weighted by molar-refractivity contribution is 0.247. The highest BCUT2D eigenvalue weighted by Gasteiger charge is 2.40. The SMILES string of the molecule is c1ccc(Oc2ccc3c(c2)C2NC3N2)cc1. The van der Waals surface area contributed by atoms with E-state index >= 15 is 0 Å². The molecule has 3 aliphatic rings. The molecule has 2 N–H and O–H groups in total. The number of hydrogen-bond acceptors (Lipinski definition) is 3. The van der Waals surface area contributed by atoms with Gasteiger partial charge in [-0.15, -0.1) is 0 Å². The number of para-hydroxylation sites is 1. The zero-order valence-electron chi connectivity index (χ0n) is 9.18. The van der Waals surface area contributed by atoms with Gasteiger partial charge in [0.05, 0.1) is 12.3 Å². The van der Waals surface area contributed by atoms with Gasteiger partial charge < -0.3 is 4.74 Å². The normalized spacial score (nSPS) is 24.0. The van der Waals surface area contributed by atoms with Crippen molar-refractivity contribution >= 4 is 0 Å². The maximum atomic E-state index is 5.81. The molecule has 3 aliphatic heterocycles. The molecule has 0 unspecified atom stereocenters. The molecule has 3 nitrogen and oxygen atoms in total. The van der Waals surface area contributed by atoms with Gasteiger partial charge in [0.25, 0.3) is 0 Å². The van der Waals surface area contributed by atoms with Crippen LogP contribution < -0.4 is 15.4 Å². The molecule has 2 aromatic carbocycles. The van der Waals surface area contributed by atoms with E-state index in [2.05, 4.69) is 22.8 Å². The lowest BCUT2D eigenvalue weighted by atomic mass is 10.1. The minimum atomic E-state index is 0.314. The Labute approximate surface area is 99.4 Å². The van der Waals surface area contributed by atoms with Crippen LogP contribution in [0.5, 0.6) is 11.5 Å². The average Bonchev–Trinajstić information content (AvgIpc) is 2.82. The summed E-state index contributed by atoms with van der Waals surface area (Å²) >= 11 is 0. The predicted octanol–water partition coefficient (Wildman–Crippen LogP) is 2.68. The molecule has 17 heavy (non-hydrogen) atoms. The zero-order chi connectivity index (χ0) is 11.2. The third-order valence-electron chi connectivity index (χ3n) is 3.33. The van der Waals surface area contributed by atoms with Crippen LogP contribution >= 0.6 is 0 Å². The van der Waals surface area contributed by atoms with Crippen molar-refractivity contribution in [2.75, 3.05) is 0 Å². The van der Waals surface area contributed by atoms with Crippen LogP contribution in [0.3, 0.4) is 0 Å². The molecule has 1 fully saturated rings. The van der Waals surface area contributed by atoms with E-state index in [0.29, 0.717) is 12.3 Å². The Hall–Kier alpha value is -1.84. The molecular weight excluding hydrogens is 212 g/mol. The average molecular weight is 224 g/mol. The molecule has 2 aromatic rings. The minimum Gasteiger partial charge on any atom is -0.457 e. The summed E-state index contributed by atoms with van der Waals surface area (Å²) in [5.74, 6) is 1.77. The van der Waals surface area contributed by atoms with Gasteiger partial charge in [-0.1, -0.05) is 24.3 Å². The number of rotatable bonds is 2. The number of benzene rings is 2. The summed E-state index contributed by atoms with van der Waals surface area (Å²) in [6.45, 7) is 0. The third kappa shape index (κ3) is 1.37. The lowest BCUT2D eigenvalue weighted by Gasteiger charge is -2.28. The van der Waals surface area contributed by atoms with E-state index in [0.717, 1.165) is 11.5 Å². The first-order chi connectivity index (χ1) is 8.40. The molecule has 3 heterocycles. The summed E-state index contributed by atoms with van der Waals surface area (Å²) in [4.78, 5) is 0. The minimum absolute atomic E-state index is 0.314. The Morgan fingerprint density at radius 1 is 0.765 bits per heavy atom. The summed E-state index contributed by atoms with van der Waals surface area (Å²) in [7, 11) is 0. The molecule has 0 saturated carbocycles. The quantitative estimate of drug-likeness (QED) is 0.822. The molecule has 0 spiro atoms. The molecule has 0 aromatic heterocycles. The molecular formula is C14H12N2O. The van der Waals surface area contributed by atoms with Gasteiger partial charge in [-0.05, 0) is 35.4 Å². The van der Waals surface area contributed by atoms with Gasteiger partial charge in [0.2, 0.25) is 0 Å². The fourth-order valence-corrected chi connectivity index (χ4v) is 2.45. The van der Waals surface area contributed by atoms with Crippen LogP contribution in [0.2, 0.25) is 0 Å². The Bertz CT molecular complexity index is 562. The molecule has 0 atom stereocenters. The van der Waals surface area contributed by atoms with Gasteiger partial charge in [-0.25, -0.2) is 0 Å². The molecule has 0 amide bonds. The Kier molecular flexibility index (Phi) is 1.80. The van der Waals surface area contributed by atoms with Crippen LogP contribution in [-0.4, -0.2) is 0 Å². The van der Waals surface area contributed by atoms with E-state index in [1.807, 2.05) is 36.4 Å². The molecule has 0 aliphatic carbocycles. The summed E-state index contributed by atoms with van der Waals surface area (Å²) < 4.78 is 5.81. The largest absolute Gasteiger partial charge is 0.457 e. The van der Waals surface area contributed by atoms with Gasteiger partial charge in [0, 0.05) is 0 Å². The van der Waals surface area contributed by atoms with Crippen LogP contribution in [0.1, 0.15) is 23.5 Å². The highest BCUT2D eigenvalue weighted by atomic mass is 16.5. The second-order valence-electron chi connectivity index (χ2n) is 4.41. The van der Waals surface area contributed by atoms with Crippen LogP contribution in [0, 0.1) is 0 Å². The van der Waals surface area contributed by atoms with E-state index in [4.69, 9.17) is 4.74 Å². The summed E-state index contributed by atoms with van der Waals surface area (Å²) in [5, 5.41) is 6.81. The van der Waals surface area contributed by atoms with Crippen molar-refractivity contribution in [1.82, 2.24) is 10.6 Å². The second-order valence-corrected chi connectivity index (χ2v) is 4.41. The van der Waals surface area contributed by atoms with Crippen molar-refractivity contribution in [2.24, 2.45) is 0 Å². The van der Waals surface area contributed by atoms with E-state index in [9.17, 15) is 0 Å². The van der Waals surface area contributed by atoms with Gasteiger partial charge in [0.1, 0.15) is 11.5 Å². The van der Waals surface area contributed by atoms with Crippen LogP contribution in [0.25, 0.3) is 0 Å². The fraction of sp³-hybridized carbons (Fsp3) is 0.143. The molecule has 5 rings (SSSR count). The monoisotopic (exact) mass is 224 g/mol. The summed E-state index contributed by atoms with van der Waals surface area (Å²) in [5.41, 5.74) is 2.65. The first kappa shape index (κ1) is 9.22. The van der Waals surface area contributed by atoms with E-state index in [-0.39, 0.29) is 0 Å². The lowest BCUT2D eigenvalue weighted by Crippen LogP contribution is -2.47. The fourth-order valence-electron chi connectivity index (χ4n) is 2.45. The topological polar surface area (TPSA) is 33.3 Å². The number of ether oxygens (including phenoxy) is 1.